The van der Waals surface area contributed by atoms with E-state index in [1.807, 2.05) is 0 Å². The first-order chi connectivity index (χ1) is 8.11. The Bertz CT molecular complexity index is 420. The lowest BCUT2D eigenvalue weighted by atomic mass is 9.98. The van der Waals surface area contributed by atoms with E-state index < -0.39 is 17.7 Å². The van der Waals surface area contributed by atoms with Gasteiger partial charge in [0.15, 0.2) is 5.78 Å². The fourth-order valence-corrected chi connectivity index (χ4v) is 1.65. The lowest BCUT2D eigenvalue weighted by molar-refractivity contribution is -0.146. The summed E-state index contributed by atoms with van der Waals surface area (Å²) in [4.78, 5) is 27.6. The van der Waals surface area contributed by atoms with E-state index in [4.69, 9.17) is 16.3 Å². The number of ketones is 1. The zero-order valence-electron chi connectivity index (χ0n) is 9.77. The van der Waals surface area contributed by atoms with Crippen molar-refractivity contribution in [2.45, 2.75) is 20.3 Å². The highest BCUT2D eigenvalue weighted by Crippen LogP contribution is 2.19. The van der Waals surface area contributed by atoms with Gasteiger partial charge in [0.05, 0.1) is 11.6 Å². The first-order valence-corrected chi connectivity index (χ1v) is 5.80. The number of nitrogens with zero attached hydrogens (tertiary/aromatic N) is 1. The van der Waals surface area contributed by atoms with Crippen LogP contribution in [-0.4, -0.2) is 23.3 Å². The van der Waals surface area contributed by atoms with Gasteiger partial charge in [-0.05, 0) is 25.5 Å². The van der Waals surface area contributed by atoms with E-state index >= 15 is 0 Å². The molecular formula is C12H14ClNO3. The van der Waals surface area contributed by atoms with Crippen molar-refractivity contribution >= 4 is 23.4 Å². The Morgan fingerprint density at radius 1 is 1.47 bits per heavy atom. The second kappa shape index (κ2) is 6.35. The quantitative estimate of drug-likeness (QED) is 0.461. The number of carbonyl (C=O) groups is 2. The average Bonchev–Trinajstić information content (AvgIpc) is 2.30. The Labute approximate surface area is 105 Å². The van der Waals surface area contributed by atoms with Gasteiger partial charge in [0.1, 0.15) is 11.6 Å². The van der Waals surface area contributed by atoms with E-state index in [9.17, 15) is 9.59 Å². The van der Waals surface area contributed by atoms with Gasteiger partial charge in [-0.2, -0.15) is 0 Å². The van der Waals surface area contributed by atoms with Crippen molar-refractivity contribution in [1.29, 1.82) is 0 Å². The molecule has 0 aromatic carbocycles. The highest BCUT2D eigenvalue weighted by Gasteiger charge is 2.29. The molecule has 0 saturated carbocycles. The Hall–Kier alpha value is -1.42. The van der Waals surface area contributed by atoms with Gasteiger partial charge in [-0.15, -0.1) is 0 Å². The summed E-state index contributed by atoms with van der Waals surface area (Å²) < 4.78 is 4.85. The number of aromatic nitrogens is 1. The third kappa shape index (κ3) is 3.27. The standard InChI is InChI=1S/C12H14ClNO3/c1-3-8(12(16)17-4-2)11(15)10-9(13)6-5-7-14-10/h5-8H,3-4H2,1-2H3. The Morgan fingerprint density at radius 2 is 2.18 bits per heavy atom. The van der Waals surface area contributed by atoms with Crippen molar-refractivity contribution in [3.8, 4) is 0 Å². The molecule has 0 radical (unpaired) electrons. The molecule has 1 atom stereocenters. The molecule has 4 nitrogen and oxygen atoms in total. The molecule has 0 amide bonds. The number of hydrogen-bond acceptors (Lipinski definition) is 4. The van der Waals surface area contributed by atoms with Crippen molar-refractivity contribution in [2.24, 2.45) is 5.92 Å². The Morgan fingerprint density at radius 3 is 2.71 bits per heavy atom. The summed E-state index contributed by atoms with van der Waals surface area (Å²) >= 11 is 5.87. The monoisotopic (exact) mass is 255 g/mol. The van der Waals surface area contributed by atoms with E-state index in [0.29, 0.717) is 6.42 Å². The Balaban J connectivity index is 2.94. The van der Waals surface area contributed by atoms with Crippen molar-refractivity contribution < 1.29 is 14.3 Å². The molecule has 17 heavy (non-hydrogen) atoms. The van der Waals surface area contributed by atoms with E-state index in [-0.39, 0.29) is 17.3 Å². The third-order valence-corrected chi connectivity index (χ3v) is 2.59. The summed E-state index contributed by atoms with van der Waals surface area (Å²) in [5, 5.41) is 0.250. The molecular weight excluding hydrogens is 242 g/mol. The van der Waals surface area contributed by atoms with E-state index in [0.717, 1.165) is 0 Å². The van der Waals surface area contributed by atoms with Crippen LogP contribution in [0, 0.1) is 5.92 Å². The van der Waals surface area contributed by atoms with Crippen LogP contribution >= 0.6 is 11.6 Å². The van der Waals surface area contributed by atoms with E-state index in [2.05, 4.69) is 4.98 Å². The fourth-order valence-electron chi connectivity index (χ4n) is 1.43. The average molecular weight is 256 g/mol. The van der Waals surface area contributed by atoms with Gasteiger partial charge >= 0.3 is 5.97 Å². The van der Waals surface area contributed by atoms with Crippen LogP contribution in [0.25, 0.3) is 0 Å². The van der Waals surface area contributed by atoms with E-state index in [1.165, 1.54) is 6.20 Å². The van der Waals surface area contributed by atoms with Crippen molar-refractivity contribution in [3.63, 3.8) is 0 Å². The minimum absolute atomic E-state index is 0.120. The highest BCUT2D eigenvalue weighted by atomic mass is 35.5. The van der Waals surface area contributed by atoms with Gasteiger partial charge in [-0.1, -0.05) is 18.5 Å². The number of hydrogen-bond donors (Lipinski definition) is 0. The lowest BCUT2D eigenvalue weighted by Crippen LogP contribution is -2.26. The maximum Gasteiger partial charge on any atom is 0.316 e. The largest absolute Gasteiger partial charge is 0.465 e. The molecule has 0 aliphatic carbocycles. The summed E-state index contributed by atoms with van der Waals surface area (Å²) in [5.41, 5.74) is 0.120. The summed E-state index contributed by atoms with van der Waals surface area (Å²) in [5.74, 6) is -1.75. The predicted molar refractivity (Wildman–Crippen MR) is 64.0 cm³/mol. The summed E-state index contributed by atoms with van der Waals surface area (Å²) in [7, 11) is 0. The number of ether oxygens (including phenoxy) is 1. The van der Waals surface area contributed by atoms with E-state index in [1.54, 1.807) is 26.0 Å². The molecule has 0 N–H and O–H groups in total. The van der Waals surface area contributed by atoms with Crippen LogP contribution in [-0.2, 0) is 9.53 Å². The number of halogens is 1. The highest BCUT2D eigenvalue weighted by molar-refractivity contribution is 6.34. The zero-order valence-corrected chi connectivity index (χ0v) is 10.5. The van der Waals surface area contributed by atoms with Gasteiger partial charge in [0.25, 0.3) is 0 Å². The van der Waals surface area contributed by atoms with Crippen molar-refractivity contribution in [2.75, 3.05) is 6.61 Å². The second-order valence-electron chi connectivity index (χ2n) is 3.41. The minimum atomic E-state index is -0.831. The number of rotatable bonds is 5. The maximum absolute atomic E-state index is 12.1. The van der Waals surface area contributed by atoms with Crippen LogP contribution in [0.15, 0.2) is 18.3 Å². The van der Waals surface area contributed by atoms with Crippen molar-refractivity contribution in [3.05, 3.63) is 29.0 Å². The van der Waals surface area contributed by atoms with Gasteiger partial charge < -0.3 is 4.74 Å². The first kappa shape index (κ1) is 13.6. The summed E-state index contributed by atoms with van der Waals surface area (Å²) in [6.45, 7) is 3.69. The summed E-state index contributed by atoms with van der Waals surface area (Å²) in [6.07, 6.45) is 1.83. The molecule has 0 aliphatic rings. The van der Waals surface area contributed by atoms with Gasteiger partial charge in [-0.3, -0.25) is 14.6 Å². The SMILES string of the molecule is CCOC(=O)C(CC)C(=O)c1ncccc1Cl. The van der Waals surface area contributed by atoms with Gasteiger partial charge in [-0.25, -0.2) is 0 Å². The zero-order chi connectivity index (χ0) is 12.8. The van der Waals surface area contributed by atoms with Crippen LogP contribution in [0.5, 0.6) is 0 Å². The predicted octanol–water partition coefficient (Wildman–Crippen LogP) is 2.51. The molecule has 92 valence electrons. The van der Waals surface area contributed by atoms with Crippen LogP contribution in [0.3, 0.4) is 0 Å². The minimum Gasteiger partial charge on any atom is -0.465 e. The lowest BCUT2D eigenvalue weighted by Gasteiger charge is -2.12. The smallest absolute Gasteiger partial charge is 0.316 e. The molecule has 0 saturated heterocycles. The fraction of sp³-hybridized carbons (Fsp3) is 0.417. The number of esters is 1. The van der Waals surface area contributed by atoms with Crippen LogP contribution in [0.1, 0.15) is 30.8 Å². The second-order valence-corrected chi connectivity index (χ2v) is 3.82. The number of pyridine rings is 1. The maximum atomic E-state index is 12.1. The van der Waals surface area contributed by atoms with Crippen molar-refractivity contribution in [1.82, 2.24) is 4.98 Å². The third-order valence-electron chi connectivity index (χ3n) is 2.29. The molecule has 5 heteroatoms. The first-order valence-electron chi connectivity index (χ1n) is 5.43. The molecule has 0 aliphatic heterocycles. The summed E-state index contributed by atoms with van der Waals surface area (Å²) in [6, 6.07) is 3.20. The van der Waals surface area contributed by atoms with Crippen LogP contribution < -0.4 is 0 Å². The molecule has 0 bridgehead atoms. The van der Waals surface area contributed by atoms with Gasteiger partial charge in [0.2, 0.25) is 0 Å². The van der Waals surface area contributed by atoms with Crippen LogP contribution in [0.2, 0.25) is 5.02 Å². The molecule has 1 unspecified atom stereocenters. The molecule has 0 spiro atoms. The molecule has 1 rings (SSSR count). The number of carbonyl (C=O) groups excluding carboxylic acids is 2. The molecule has 1 aromatic rings. The topological polar surface area (TPSA) is 56.3 Å². The van der Waals surface area contributed by atoms with Gasteiger partial charge in [0, 0.05) is 6.20 Å². The normalized spacial score (nSPS) is 11.9. The molecule has 0 fully saturated rings. The molecule has 1 aromatic heterocycles. The van der Waals surface area contributed by atoms with Crippen LogP contribution in [0.4, 0.5) is 0 Å². The molecule has 1 heterocycles. The number of Topliss-reactive ketones (excluding diaryl/α,β-unsaturated/α-hetero) is 1. The Kier molecular flexibility index (Phi) is 5.10.